The number of carbonyl (C=O) groups is 1. The maximum atomic E-state index is 12.9. The van der Waals surface area contributed by atoms with E-state index >= 15 is 0 Å². The molecule has 22 heavy (non-hydrogen) atoms. The zero-order valence-corrected chi connectivity index (χ0v) is 13.0. The molecule has 0 unspecified atom stereocenters. The minimum atomic E-state index is -3.46. The van der Waals surface area contributed by atoms with Gasteiger partial charge in [-0.25, -0.2) is 8.42 Å². The Morgan fingerprint density at radius 3 is 2.91 bits per heavy atom. The van der Waals surface area contributed by atoms with E-state index in [9.17, 15) is 13.2 Å². The third-order valence-corrected chi connectivity index (χ3v) is 6.89. The Labute approximate surface area is 129 Å². The van der Waals surface area contributed by atoms with Gasteiger partial charge in [0.2, 0.25) is 15.9 Å². The summed E-state index contributed by atoms with van der Waals surface area (Å²) in [4.78, 5) is 11.7. The Bertz CT molecular complexity index is 732. The van der Waals surface area contributed by atoms with Gasteiger partial charge in [-0.3, -0.25) is 4.79 Å². The maximum Gasteiger partial charge on any atom is 0.243 e. The SMILES string of the molecule is O=C1CCc2cc(S(=O)(=O)N3CC[C@H]4CNC[C@H]43)ccc2N1. The van der Waals surface area contributed by atoms with Gasteiger partial charge < -0.3 is 10.6 Å². The van der Waals surface area contributed by atoms with Crippen molar-refractivity contribution in [2.24, 2.45) is 5.92 Å². The van der Waals surface area contributed by atoms with Crippen LogP contribution < -0.4 is 10.6 Å². The monoisotopic (exact) mass is 321 g/mol. The average molecular weight is 321 g/mol. The molecule has 1 amide bonds. The van der Waals surface area contributed by atoms with Gasteiger partial charge in [-0.2, -0.15) is 4.31 Å². The molecule has 7 heteroatoms. The molecule has 0 aromatic heterocycles. The molecule has 3 aliphatic heterocycles. The molecule has 6 nitrogen and oxygen atoms in total. The van der Waals surface area contributed by atoms with Crippen molar-refractivity contribution in [1.82, 2.24) is 9.62 Å². The molecule has 1 aromatic carbocycles. The quantitative estimate of drug-likeness (QED) is 0.834. The highest BCUT2D eigenvalue weighted by Gasteiger charge is 2.43. The number of carbonyl (C=O) groups excluding carboxylic acids is 1. The van der Waals surface area contributed by atoms with Crippen LogP contribution in [0.15, 0.2) is 23.1 Å². The number of nitrogens with one attached hydrogen (secondary N) is 2. The normalized spacial score (nSPS) is 28.3. The molecule has 118 valence electrons. The zero-order valence-electron chi connectivity index (χ0n) is 12.2. The molecule has 2 saturated heterocycles. The lowest BCUT2D eigenvalue weighted by atomic mass is 10.0. The van der Waals surface area contributed by atoms with E-state index in [1.807, 2.05) is 0 Å². The summed E-state index contributed by atoms with van der Waals surface area (Å²) in [5.74, 6) is 0.425. The summed E-state index contributed by atoms with van der Waals surface area (Å²) in [7, 11) is -3.46. The van der Waals surface area contributed by atoms with Crippen molar-refractivity contribution < 1.29 is 13.2 Å². The van der Waals surface area contributed by atoms with Gasteiger partial charge in [0.05, 0.1) is 4.90 Å². The topological polar surface area (TPSA) is 78.5 Å². The summed E-state index contributed by atoms with van der Waals surface area (Å²) in [5, 5.41) is 6.07. The first-order chi connectivity index (χ1) is 10.6. The minimum Gasteiger partial charge on any atom is -0.326 e. The molecule has 3 aliphatic rings. The van der Waals surface area contributed by atoms with E-state index in [0.29, 0.717) is 30.2 Å². The summed E-state index contributed by atoms with van der Waals surface area (Å²) in [6.07, 6.45) is 1.94. The Kier molecular flexibility index (Phi) is 3.25. The molecule has 4 rings (SSSR count). The highest BCUT2D eigenvalue weighted by Crippen LogP contribution is 2.34. The average Bonchev–Trinajstić information content (AvgIpc) is 3.09. The molecule has 0 saturated carbocycles. The number of sulfonamides is 1. The van der Waals surface area contributed by atoms with E-state index in [4.69, 9.17) is 0 Å². The van der Waals surface area contributed by atoms with Gasteiger partial charge in [-0.15, -0.1) is 0 Å². The van der Waals surface area contributed by atoms with Crippen LogP contribution in [0.2, 0.25) is 0 Å². The molecular weight excluding hydrogens is 302 g/mol. The lowest BCUT2D eigenvalue weighted by Crippen LogP contribution is -2.39. The molecule has 2 atom stereocenters. The molecule has 2 N–H and O–H groups in total. The van der Waals surface area contributed by atoms with Crippen molar-refractivity contribution in [3.63, 3.8) is 0 Å². The largest absolute Gasteiger partial charge is 0.326 e. The summed E-state index contributed by atoms with van der Waals surface area (Å²) in [5.41, 5.74) is 1.64. The van der Waals surface area contributed by atoms with Crippen LogP contribution in [0.3, 0.4) is 0 Å². The van der Waals surface area contributed by atoms with Gasteiger partial charge in [0.15, 0.2) is 0 Å². The molecule has 0 aliphatic carbocycles. The predicted molar refractivity (Wildman–Crippen MR) is 82.0 cm³/mol. The van der Waals surface area contributed by atoms with Crippen LogP contribution in [0.5, 0.6) is 0 Å². The number of hydrogen-bond acceptors (Lipinski definition) is 4. The predicted octanol–water partition coefficient (Wildman–Crippen LogP) is 0.554. The van der Waals surface area contributed by atoms with Gasteiger partial charge in [-0.1, -0.05) is 0 Å². The molecular formula is C15H19N3O3S. The highest BCUT2D eigenvalue weighted by molar-refractivity contribution is 7.89. The summed E-state index contributed by atoms with van der Waals surface area (Å²) < 4.78 is 27.5. The molecule has 1 aromatic rings. The first-order valence-electron chi connectivity index (χ1n) is 7.71. The molecule has 0 bridgehead atoms. The second-order valence-corrected chi connectivity index (χ2v) is 8.15. The third kappa shape index (κ3) is 2.15. The number of rotatable bonds is 2. The summed E-state index contributed by atoms with van der Waals surface area (Å²) in [6.45, 7) is 2.25. The first kappa shape index (κ1) is 14.2. The highest BCUT2D eigenvalue weighted by atomic mass is 32.2. The van der Waals surface area contributed by atoms with E-state index < -0.39 is 10.0 Å². The lowest BCUT2D eigenvalue weighted by Gasteiger charge is -2.24. The molecule has 2 fully saturated rings. The van der Waals surface area contributed by atoms with Crippen molar-refractivity contribution in [3.8, 4) is 0 Å². The lowest BCUT2D eigenvalue weighted by molar-refractivity contribution is -0.116. The van der Waals surface area contributed by atoms with Gasteiger partial charge >= 0.3 is 0 Å². The van der Waals surface area contributed by atoms with Crippen molar-refractivity contribution in [1.29, 1.82) is 0 Å². The van der Waals surface area contributed by atoms with Crippen LogP contribution >= 0.6 is 0 Å². The smallest absolute Gasteiger partial charge is 0.243 e. The van der Waals surface area contributed by atoms with Gasteiger partial charge in [0, 0.05) is 31.2 Å². The fraction of sp³-hybridized carbons (Fsp3) is 0.533. The fourth-order valence-corrected chi connectivity index (χ4v) is 5.51. The molecule has 0 spiro atoms. The van der Waals surface area contributed by atoms with Crippen molar-refractivity contribution in [3.05, 3.63) is 23.8 Å². The van der Waals surface area contributed by atoms with E-state index in [1.54, 1.807) is 22.5 Å². The van der Waals surface area contributed by atoms with E-state index in [1.165, 1.54) is 0 Å². The Morgan fingerprint density at radius 1 is 1.18 bits per heavy atom. The number of amides is 1. The Morgan fingerprint density at radius 2 is 2.05 bits per heavy atom. The number of aryl methyl sites for hydroxylation is 1. The summed E-state index contributed by atoms with van der Waals surface area (Å²) in [6, 6.07) is 5.12. The Balaban J connectivity index is 1.67. The standard InChI is InChI=1S/C15H19N3O3S/c19-15-4-1-10-7-12(2-3-13(10)17-15)22(20,21)18-6-5-11-8-16-9-14(11)18/h2-3,7,11,14,16H,1,4-6,8-9H2,(H,17,19)/t11-,14+/m0/s1. The molecule has 3 heterocycles. The van der Waals surface area contributed by atoms with Crippen molar-refractivity contribution in [2.45, 2.75) is 30.2 Å². The van der Waals surface area contributed by atoms with Crippen LogP contribution in [0, 0.1) is 5.92 Å². The van der Waals surface area contributed by atoms with Gasteiger partial charge in [-0.05, 0) is 49.1 Å². The maximum absolute atomic E-state index is 12.9. The van der Waals surface area contributed by atoms with Crippen LogP contribution in [0.4, 0.5) is 5.69 Å². The Hall–Kier alpha value is -1.44. The van der Waals surface area contributed by atoms with Gasteiger partial charge in [0.1, 0.15) is 0 Å². The van der Waals surface area contributed by atoms with Crippen LogP contribution in [-0.4, -0.2) is 44.3 Å². The second kappa shape index (κ2) is 5.04. The van der Waals surface area contributed by atoms with Crippen molar-refractivity contribution in [2.75, 3.05) is 25.0 Å². The second-order valence-electron chi connectivity index (χ2n) is 6.26. The minimum absolute atomic E-state index is 0.0116. The number of anilines is 1. The fourth-order valence-electron chi connectivity index (χ4n) is 3.76. The number of fused-ring (bicyclic) bond motifs is 2. The third-order valence-electron chi connectivity index (χ3n) is 4.97. The van der Waals surface area contributed by atoms with Gasteiger partial charge in [0.25, 0.3) is 0 Å². The number of hydrogen-bond donors (Lipinski definition) is 2. The van der Waals surface area contributed by atoms with E-state index in [2.05, 4.69) is 10.6 Å². The molecule has 0 radical (unpaired) electrons. The first-order valence-corrected chi connectivity index (χ1v) is 9.15. The zero-order chi connectivity index (χ0) is 15.3. The van der Waals surface area contributed by atoms with E-state index in [-0.39, 0.29) is 11.9 Å². The van der Waals surface area contributed by atoms with Crippen LogP contribution in [0.1, 0.15) is 18.4 Å². The van der Waals surface area contributed by atoms with Crippen LogP contribution in [0.25, 0.3) is 0 Å². The van der Waals surface area contributed by atoms with Crippen molar-refractivity contribution >= 4 is 21.6 Å². The summed E-state index contributed by atoms with van der Waals surface area (Å²) >= 11 is 0. The number of benzene rings is 1. The number of nitrogens with zero attached hydrogens (tertiary/aromatic N) is 1. The van der Waals surface area contributed by atoms with Crippen LogP contribution in [-0.2, 0) is 21.2 Å². The van der Waals surface area contributed by atoms with E-state index in [0.717, 1.165) is 30.8 Å².